The minimum atomic E-state index is 0.618. The molecule has 4 rings (SSSR count). The maximum Gasteiger partial charge on any atom is 0.146 e. The molecule has 0 aliphatic rings. The van der Waals surface area contributed by atoms with Gasteiger partial charge >= 0.3 is 0 Å². The van der Waals surface area contributed by atoms with Crippen LogP contribution in [0.25, 0.3) is 28.0 Å². The number of hydrogen-bond acceptors (Lipinski definition) is 2. The Morgan fingerprint density at radius 1 is 0.864 bits per heavy atom. The number of halogens is 1. The highest BCUT2D eigenvalue weighted by Crippen LogP contribution is 2.29. The first-order valence-corrected chi connectivity index (χ1v) is 7.34. The smallest absolute Gasteiger partial charge is 0.146 e. The summed E-state index contributed by atoms with van der Waals surface area (Å²) >= 11 is 6.16. The molecule has 0 aliphatic heterocycles. The van der Waals surface area contributed by atoms with Crippen LogP contribution >= 0.6 is 11.6 Å². The van der Waals surface area contributed by atoms with E-state index in [4.69, 9.17) is 11.6 Å². The zero-order valence-electron chi connectivity index (χ0n) is 11.6. The van der Waals surface area contributed by atoms with Gasteiger partial charge in [0.1, 0.15) is 12.1 Å². The van der Waals surface area contributed by atoms with Crippen molar-refractivity contribution in [2.24, 2.45) is 0 Å². The van der Waals surface area contributed by atoms with Crippen LogP contribution in [-0.2, 0) is 0 Å². The lowest BCUT2D eigenvalue weighted by molar-refractivity contribution is 1.02. The number of para-hydroxylation sites is 2. The summed E-state index contributed by atoms with van der Waals surface area (Å²) in [5.41, 5.74) is 4.02. The second-order valence-electron chi connectivity index (χ2n) is 4.99. The average Bonchev–Trinajstić information content (AvgIpc) is 3.00. The zero-order valence-corrected chi connectivity index (χ0v) is 12.4. The predicted molar refractivity (Wildman–Crippen MR) is 89.3 cm³/mol. The number of rotatable bonds is 2. The van der Waals surface area contributed by atoms with Crippen LogP contribution in [0.5, 0.6) is 0 Å². The Labute approximate surface area is 132 Å². The van der Waals surface area contributed by atoms with Crippen LogP contribution in [0.15, 0.2) is 73.2 Å². The van der Waals surface area contributed by atoms with Crippen LogP contribution in [0.2, 0.25) is 5.02 Å². The fourth-order valence-electron chi connectivity index (χ4n) is 2.58. The summed E-state index contributed by atoms with van der Waals surface area (Å²) in [5, 5.41) is 0.618. The molecule has 2 aromatic heterocycles. The fraction of sp³-hybridized carbons (Fsp3) is 0. The maximum atomic E-state index is 6.16. The van der Waals surface area contributed by atoms with Crippen LogP contribution in [0.4, 0.5) is 0 Å². The molecule has 0 bridgehead atoms. The van der Waals surface area contributed by atoms with Gasteiger partial charge in [0.15, 0.2) is 0 Å². The van der Waals surface area contributed by atoms with E-state index in [1.54, 1.807) is 12.5 Å². The molecule has 0 spiro atoms. The summed E-state index contributed by atoms with van der Waals surface area (Å²) in [5.74, 6) is 0.823. The molecule has 4 aromatic rings. The molecule has 0 fully saturated rings. The van der Waals surface area contributed by atoms with Gasteiger partial charge < -0.3 is 0 Å². The van der Waals surface area contributed by atoms with Crippen molar-refractivity contribution in [3.8, 4) is 16.9 Å². The van der Waals surface area contributed by atoms with Gasteiger partial charge in [-0.1, -0.05) is 54.1 Å². The first-order valence-electron chi connectivity index (χ1n) is 6.96. The van der Waals surface area contributed by atoms with Gasteiger partial charge in [0, 0.05) is 11.8 Å². The van der Waals surface area contributed by atoms with Gasteiger partial charge in [-0.25, -0.2) is 9.97 Å². The number of fused-ring (bicyclic) bond motifs is 1. The molecule has 0 radical (unpaired) electrons. The SMILES string of the molecule is Clc1cnc(-n2cnc3ccccc32)c(-c2ccccc2)c1. The predicted octanol–water partition coefficient (Wildman–Crippen LogP) is 4.74. The van der Waals surface area contributed by atoms with Crippen molar-refractivity contribution in [1.82, 2.24) is 14.5 Å². The highest BCUT2D eigenvalue weighted by molar-refractivity contribution is 6.30. The summed E-state index contributed by atoms with van der Waals surface area (Å²) in [4.78, 5) is 8.98. The molecule has 0 amide bonds. The summed E-state index contributed by atoms with van der Waals surface area (Å²) < 4.78 is 1.99. The Kier molecular flexibility index (Phi) is 3.13. The summed E-state index contributed by atoms with van der Waals surface area (Å²) in [6.45, 7) is 0. The van der Waals surface area contributed by atoms with Gasteiger partial charge in [-0.05, 0) is 23.8 Å². The van der Waals surface area contributed by atoms with Crippen LogP contribution in [-0.4, -0.2) is 14.5 Å². The minimum absolute atomic E-state index is 0.618. The van der Waals surface area contributed by atoms with Crippen molar-refractivity contribution in [3.63, 3.8) is 0 Å². The van der Waals surface area contributed by atoms with E-state index in [1.807, 2.05) is 53.1 Å². The number of imidazole rings is 1. The van der Waals surface area contributed by atoms with E-state index in [0.717, 1.165) is 28.0 Å². The first kappa shape index (κ1) is 13.0. The highest BCUT2D eigenvalue weighted by atomic mass is 35.5. The number of hydrogen-bond donors (Lipinski definition) is 0. The largest absolute Gasteiger partial charge is 0.282 e. The first-order chi connectivity index (χ1) is 10.8. The number of nitrogens with zero attached hydrogens (tertiary/aromatic N) is 3. The van der Waals surface area contributed by atoms with Crippen molar-refractivity contribution in [3.05, 3.63) is 78.2 Å². The van der Waals surface area contributed by atoms with Gasteiger partial charge in [0.2, 0.25) is 0 Å². The zero-order chi connectivity index (χ0) is 14.9. The summed E-state index contributed by atoms with van der Waals surface area (Å²) in [6.07, 6.45) is 3.46. The fourth-order valence-corrected chi connectivity index (χ4v) is 2.74. The second-order valence-corrected chi connectivity index (χ2v) is 5.43. The van der Waals surface area contributed by atoms with E-state index in [-0.39, 0.29) is 0 Å². The average molecular weight is 306 g/mol. The molecule has 0 atom stereocenters. The number of pyridine rings is 1. The third kappa shape index (κ3) is 2.16. The molecule has 2 heterocycles. The van der Waals surface area contributed by atoms with E-state index in [0.29, 0.717) is 5.02 Å². The van der Waals surface area contributed by atoms with Gasteiger partial charge in [-0.2, -0.15) is 0 Å². The Bertz CT molecular complexity index is 945. The van der Waals surface area contributed by atoms with Gasteiger partial charge in [-0.15, -0.1) is 0 Å². The molecule has 2 aromatic carbocycles. The van der Waals surface area contributed by atoms with Gasteiger partial charge in [-0.3, -0.25) is 4.57 Å². The van der Waals surface area contributed by atoms with Crippen LogP contribution in [0.1, 0.15) is 0 Å². The molecule has 4 heteroatoms. The maximum absolute atomic E-state index is 6.16. The molecule has 0 aliphatic carbocycles. The molecule has 106 valence electrons. The minimum Gasteiger partial charge on any atom is -0.282 e. The number of benzene rings is 2. The standard InChI is InChI=1S/C18H12ClN3/c19-14-10-15(13-6-2-1-3-7-13)18(20-11-14)22-12-21-16-8-4-5-9-17(16)22/h1-12H. The van der Waals surface area contributed by atoms with E-state index >= 15 is 0 Å². The van der Waals surface area contributed by atoms with Crippen molar-refractivity contribution >= 4 is 22.6 Å². The molecular weight excluding hydrogens is 294 g/mol. The lowest BCUT2D eigenvalue weighted by Crippen LogP contribution is -1.99. The number of aromatic nitrogens is 3. The molecule has 22 heavy (non-hydrogen) atoms. The van der Waals surface area contributed by atoms with E-state index < -0.39 is 0 Å². The Morgan fingerprint density at radius 2 is 1.64 bits per heavy atom. The highest BCUT2D eigenvalue weighted by Gasteiger charge is 2.12. The molecule has 0 saturated heterocycles. The summed E-state index contributed by atoms with van der Waals surface area (Å²) in [6, 6.07) is 20.1. The van der Waals surface area contributed by atoms with Crippen molar-refractivity contribution in [2.75, 3.05) is 0 Å². The van der Waals surface area contributed by atoms with E-state index in [2.05, 4.69) is 22.1 Å². The third-order valence-corrected chi connectivity index (χ3v) is 3.81. The van der Waals surface area contributed by atoms with E-state index in [1.165, 1.54) is 0 Å². The Balaban J connectivity index is 2.00. The van der Waals surface area contributed by atoms with E-state index in [9.17, 15) is 0 Å². The van der Waals surface area contributed by atoms with Crippen LogP contribution < -0.4 is 0 Å². The molecular formula is C18H12ClN3. The van der Waals surface area contributed by atoms with Crippen LogP contribution in [0.3, 0.4) is 0 Å². The lowest BCUT2D eigenvalue weighted by Gasteiger charge is -2.11. The van der Waals surface area contributed by atoms with Gasteiger partial charge in [0.25, 0.3) is 0 Å². The van der Waals surface area contributed by atoms with Crippen LogP contribution in [0, 0.1) is 0 Å². The molecule has 0 unspecified atom stereocenters. The van der Waals surface area contributed by atoms with Crippen molar-refractivity contribution < 1.29 is 0 Å². The Morgan fingerprint density at radius 3 is 2.50 bits per heavy atom. The third-order valence-electron chi connectivity index (χ3n) is 3.60. The van der Waals surface area contributed by atoms with Crippen molar-refractivity contribution in [2.45, 2.75) is 0 Å². The molecule has 3 nitrogen and oxygen atoms in total. The van der Waals surface area contributed by atoms with Gasteiger partial charge in [0.05, 0.1) is 16.1 Å². The molecule has 0 saturated carbocycles. The topological polar surface area (TPSA) is 30.7 Å². The monoisotopic (exact) mass is 305 g/mol. The van der Waals surface area contributed by atoms with Crippen molar-refractivity contribution in [1.29, 1.82) is 0 Å². The quantitative estimate of drug-likeness (QED) is 0.535. The molecule has 0 N–H and O–H groups in total. The Hall–Kier alpha value is -2.65. The normalized spacial score (nSPS) is 11.0. The lowest BCUT2D eigenvalue weighted by atomic mass is 10.1. The second kappa shape index (κ2) is 5.28. The summed E-state index contributed by atoms with van der Waals surface area (Å²) in [7, 11) is 0.